The maximum Gasteiger partial charge on any atom is 0.0175 e. The Morgan fingerprint density at radius 3 is 2.48 bits per heavy atom. The van der Waals surface area contributed by atoms with Gasteiger partial charge in [-0.25, -0.2) is 0 Å². The first-order valence-electron chi connectivity index (χ1n) is 7.63. The molecule has 114 valence electrons. The molecule has 0 bridgehead atoms. The van der Waals surface area contributed by atoms with Crippen LogP contribution in [0.25, 0.3) is 0 Å². The third kappa shape index (κ3) is 5.93. The highest BCUT2D eigenvalue weighted by atomic mass is 79.9. The number of benzene rings is 1. The van der Waals surface area contributed by atoms with Crippen LogP contribution in [0.1, 0.15) is 36.6 Å². The molecule has 1 aromatic carbocycles. The fourth-order valence-electron chi connectivity index (χ4n) is 2.44. The average Bonchev–Trinajstić information content (AvgIpc) is 2.96. The summed E-state index contributed by atoms with van der Waals surface area (Å²) < 4.78 is 1.15. The van der Waals surface area contributed by atoms with E-state index in [-0.39, 0.29) is 0 Å². The van der Waals surface area contributed by atoms with Gasteiger partial charge in [-0.1, -0.05) is 48.0 Å². The molecule has 2 aromatic rings. The quantitative estimate of drug-likeness (QED) is 0.653. The van der Waals surface area contributed by atoms with Gasteiger partial charge in [0.05, 0.1) is 0 Å². The molecule has 1 N–H and O–H groups in total. The molecule has 0 spiro atoms. The fourth-order valence-corrected chi connectivity index (χ4v) is 3.43. The highest BCUT2D eigenvalue weighted by molar-refractivity contribution is 9.10. The second kappa shape index (κ2) is 8.72. The molecule has 1 nitrogen and oxygen atoms in total. The first-order valence-corrected chi connectivity index (χ1v) is 9.31. The molecule has 0 aliphatic rings. The van der Waals surface area contributed by atoms with Crippen molar-refractivity contribution in [3.05, 3.63) is 56.7 Å². The zero-order valence-electron chi connectivity index (χ0n) is 12.8. The lowest BCUT2D eigenvalue weighted by Crippen LogP contribution is -2.25. The molecule has 0 saturated heterocycles. The van der Waals surface area contributed by atoms with Gasteiger partial charge in [0.25, 0.3) is 0 Å². The van der Waals surface area contributed by atoms with E-state index in [1.807, 2.05) is 11.3 Å². The highest BCUT2D eigenvalue weighted by Gasteiger charge is 2.12. The molecule has 3 heteroatoms. The first kappa shape index (κ1) is 16.7. The smallest absolute Gasteiger partial charge is 0.0175 e. The van der Waals surface area contributed by atoms with E-state index in [4.69, 9.17) is 0 Å². The summed E-state index contributed by atoms with van der Waals surface area (Å²) >= 11 is 5.39. The number of nitrogens with one attached hydrogen (secondary N) is 1. The third-order valence-electron chi connectivity index (χ3n) is 3.60. The summed E-state index contributed by atoms with van der Waals surface area (Å²) in [5.41, 5.74) is 1.44. The average molecular weight is 366 g/mol. The van der Waals surface area contributed by atoms with Crippen LogP contribution in [0.15, 0.2) is 46.3 Å². The van der Waals surface area contributed by atoms with Gasteiger partial charge in [-0.05, 0) is 60.4 Å². The second-order valence-electron chi connectivity index (χ2n) is 5.92. The normalized spacial score (nSPS) is 12.8. The molecule has 1 atom stereocenters. The third-order valence-corrected chi connectivity index (χ3v) is 5.07. The Hall–Kier alpha value is -0.640. The van der Waals surface area contributed by atoms with Crippen molar-refractivity contribution in [2.75, 3.05) is 13.1 Å². The molecule has 0 saturated carbocycles. The maximum absolute atomic E-state index is 3.62. The number of thiophene rings is 1. The Morgan fingerprint density at radius 1 is 1.10 bits per heavy atom. The molecule has 1 heterocycles. The SMILES string of the molecule is CC(C)CNCC(CCc1cccs1)c1ccc(Br)cc1. The van der Waals surface area contributed by atoms with Crippen molar-refractivity contribution in [3.63, 3.8) is 0 Å². The number of aryl methyl sites for hydroxylation is 1. The molecular weight excluding hydrogens is 342 g/mol. The van der Waals surface area contributed by atoms with Crippen LogP contribution in [0.4, 0.5) is 0 Å². The van der Waals surface area contributed by atoms with E-state index in [2.05, 4.69) is 76.9 Å². The van der Waals surface area contributed by atoms with Crippen molar-refractivity contribution < 1.29 is 0 Å². The van der Waals surface area contributed by atoms with Crippen LogP contribution in [-0.2, 0) is 6.42 Å². The van der Waals surface area contributed by atoms with E-state index in [9.17, 15) is 0 Å². The summed E-state index contributed by atoms with van der Waals surface area (Å²) in [5.74, 6) is 1.28. The fraction of sp³-hybridized carbons (Fsp3) is 0.444. The molecular formula is C18H24BrNS. The molecule has 1 aromatic heterocycles. The van der Waals surface area contributed by atoms with E-state index >= 15 is 0 Å². The van der Waals surface area contributed by atoms with Gasteiger partial charge in [0.15, 0.2) is 0 Å². The van der Waals surface area contributed by atoms with Crippen LogP contribution in [-0.4, -0.2) is 13.1 Å². The van der Waals surface area contributed by atoms with Crippen molar-refractivity contribution >= 4 is 27.3 Å². The zero-order valence-corrected chi connectivity index (χ0v) is 15.2. The van der Waals surface area contributed by atoms with Crippen LogP contribution in [0, 0.1) is 5.92 Å². The van der Waals surface area contributed by atoms with Gasteiger partial charge >= 0.3 is 0 Å². The van der Waals surface area contributed by atoms with Crippen LogP contribution in [0.3, 0.4) is 0 Å². The zero-order chi connectivity index (χ0) is 15.1. The Balaban J connectivity index is 1.97. The van der Waals surface area contributed by atoms with Gasteiger partial charge in [0.1, 0.15) is 0 Å². The maximum atomic E-state index is 3.62. The van der Waals surface area contributed by atoms with Gasteiger partial charge in [-0.15, -0.1) is 11.3 Å². The van der Waals surface area contributed by atoms with Gasteiger partial charge in [0, 0.05) is 15.9 Å². The minimum absolute atomic E-state index is 0.582. The van der Waals surface area contributed by atoms with Crippen LogP contribution < -0.4 is 5.32 Å². The van der Waals surface area contributed by atoms with Gasteiger partial charge in [-0.3, -0.25) is 0 Å². The lowest BCUT2D eigenvalue weighted by Gasteiger charge is -2.19. The molecule has 0 amide bonds. The van der Waals surface area contributed by atoms with Gasteiger partial charge < -0.3 is 5.32 Å². The van der Waals surface area contributed by atoms with Crippen molar-refractivity contribution in [1.82, 2.24) is 5.32 Å². The van der Waals surface area contributed by atoms with Crippen LogP contribution in [0.5, 0.6) is 0 Å². The summed E-state index contributed by atoms with van der Waals surface area (Å²) in [6, 6.07) is 13.2. The highest BCUT2D eigenvalue weighted by Crippen LogP contribution is 2.24. The minimum Gasteiger partial charge on any atom is -0.316 e. The largest absolute Gasteiger partial charge is 0.316 e. The van der Waals surface area contributed by atoms with E-state index in [0.29, 0.717) is 11.8 Å². The Morgan fingerprint density at radius 2 is 1.86 bits per heavy atom. The molecule has 0 radical (unpaired) electrons. The van der Waals surface area contributed by atoms with Crippen molar-refractivity contribution in [3.8, 4) is 0 Å². The standard InChI is InChI=1S/C18H24BrNS/c1-14(2)12-20-13-16(7-10-18-4-3-11-21-18)15-5-8-17(19)9-6-15/h3-6,8-9,11,14,16,20H,7,10,12-13H2,1-2H3. The van der Waals surface area contributed by atoms with E-state index in [1.165, 1.54) is 23.3 Å². The topological polar surface area (TPSA) is 12.0 Å². The van der Waals surface area contributed by atoms with E-state index < -0.39 is 0 Å². The lowest BCUT2D eigenvalue weighted by atomic mass is 9.93. The Kier molecular flexibility index (Phi) is 6.94. The second-order valence-corrected chi connectivity index (χ2v) is 7.87. The summed E-state index contributed by atoms with van der Waals surface area (Å²) in [4.78, 5) is 1.49. The molecule has 1 unspecified atom stereocenters. The van der Waals surface area contributed by atoms with Crippen LogP contribution >= 0.6 is 27.3 Å². The molecule has 0 aliphatic carbocycles. The molecule has 0 fully saturated rings. The van der Waals surface area contributed by atoms with E-state index in [1.54, 1.807) is 0 Å². The van der Waals surface area contributed by atoms with Gasteiger partial charge in [0.2, 0.25) is 0 Å². The lowest BCUT2D eigenvalue weighted by molar-refractivity contribution is 0.501. The van der Waals surface area contributed by atoms with Crippen LogP contribution in [0.2, 0.25) is 0 Å². The van der Waals surface area contributed by atoms with Gasteiger partial charge in [-0.2, -0.15) is 0 Å². The van der Waals surface area contributed by atoms with E-state index in [0.717, 1.165) is 17.6 Å². The number of rotatable bonds is 8. The van der Waals surface area contributed by atoms with Crippen molar-refractivity contribution in [2.24, 2.45) is 5.92 Å². The number of halogens is 1. The predicted octanol–water partition coefficient (Wildman–Crippen LogP) is 5.47. The summed E-state index contributed by atoms with van der Waals surface area (Å²) in [7, 11) is 0. The Bertz CT molecular complexity index is 505. The monoisotopic (exact) mass is 365 g/mol. The predicted molar refractivity (Wildman–Crippen MR) is 97.2 cm³/mol. The molecule has 0 aliphatic heterocycles. The summed E-state index contributed by atoms with van der Waals surface area (Å²) in [6.45, 7) is 6.66. The Labute approximate surface area is 140 Å². The van der Waals surface area contributed by atoms with Crippen molar-refractivity contribution in [1.29, 1.82) is 0 Å². The molecule has 21 heavy (non-hydrogen) atoms. The number of hydrogen-bond acceptors (Lipinski definition) is 2. The van der Waals surface area contributed by atoms with Crippen molar-refractivity contribution in [2.45, 2.75) is 32.6 Å². The summed E-state index contributed by atoms with van der Waals surface area (Å²) in [6.07, 6.45) is 2.37. The summed E-state index contributed by atoms with van der Waals surface area (Å²) in [5, 5.41) is 5.79. The first-order chi connectivity index (χ1) is 10.1. The molecule has 2 rings (SSSR count). The minimum atomic E-state index is 0.582. The number of hydrogen-bond donors (Lipinski definition) is 1.